The molecule has 1 aliphatic heterocycles. The Morgan fingerprint density at radius 1 is 1.22 bits per heavy atom. The first-order valence-electron chi connectivity index (χ1n) is 6.78. The number of nitrogens with two attached hydrogens (primary N) is 1. The lowest BCUT2D eigenvalue weighted by atomic mass is 9.93. The molecule has 0 aliphatic carbocycles. The fourth-order valence-corrected chi connectivity index (χ4v) is 2.63. The summed E-state index contributed by atoms with van der Waals surface area (Å²) in [4.78, 5) is 13.4. The van der Waals surface area contributed by atoms with Crippen molar-refractivity contribution >= 4 is 5.91 Å². The molecule has 1 saturated heterocycles. The lowest BCUT2D eigenvalue weighted by Crippen LogP contribution is -2.36. The Labute approximate surface area is 109 Å². The van der Waals surface area contributed by atoms with Gasteiger partial charge in [0.1, 0.15) is 0 Å². The number of carbonyl (C=O) groups is 1. The van der Waals surface area contributed by atoms with E-state index in [1.165, 1.54) is 5.56 Å². The first kappa shape index (κ1) is 13.1. The van der Waals surface area contributed by atoms with E-state index in [4.69, 9.17) is 5.73 Å². The van der Waals surface area contributed by atoms with Crippen molar-refractivity contribution in [2.75, 3.05) is 19.6 Å². The van der Waals surface area contributed by atoms with Gasteiger partial charge in [0.05, 0.1) is 0 Å². The first-order chi connectivity index (χ1) is 8.74. The standard InChI is InChI=1S/C15H22N2O/c16-15(18)12-14-7-10-17(11-8-14)9-6-13-4-2-1-3-5-13/h1-5,14H,6-12H2,(H2,16,18). The molecule has 3 nitrogen and oxygen atoms in total. The van der Waals surface area contributed by atoms with Gasteiger partial charge in [-0.05, 0) is 43.8 Å². The number of likely N-dealkylation sites (tertiary alicyclic amines) is 1. The Kier molecular flexibility index (Phi) is 4.76. The van der Waals surface area contributed by atoms with Crippen LogP contribution in [-0.2, 0) is 11.2 Å². The van der Waals surface area contributed by atoms with Crippen LogP contribution in [0, 0.1) is 5.92 Å². The summed E-state index contributed by atoms with van der Waals surface area (Å²) in [5.41, 5.74) is 6.64. The van der Waals surface area contributed by atoms with Crippen LogP contribution in [0.3, 0.4) is 0 Å². The van der Waals surface area contributed by atoms with Crippen LogP contribution in [0.15, 0.2) is 30.3 Å². The van der Waals surface area contributed by atoms with Gasteiger partial charge in [0.2, 0.25) is 5.91 Å². The van der Waals surface area contributed by atoms with Gasteiger partial charge in [-0.25, -0.2) is 0 Å². The highest BCUT2D eigenvalue weighted by atomic mass is 16.1. The number of benzene rings is 1. The molecule has 0 atom stereocenters. The Balaban J connectivity index is 1.69. The van der Waals surface area contributed by atoms with Crippen molar-refractivity contribution in [3.8, 4) is 0 Å². The normalized spacial score (nSPS) is 17.8. The summed E-state index contributed by atoms with van der Waals surface area (Å²) in [6.45, 7) is 3.32. The van der Waals surface area contributed by atoms with Crippen LogP contribution >= 0.6 is 0 Å². The number of rotatable bonds is 5. The molecule has 1 heterocycles. The van der Waals surface area contributed by atoms with Crippen LogP contribution < -0.4 is 5.73 Å². The lowest BCUT2D eigenvalue weighted by molar-refractivity contribution is -0.119. The van der Waals surface area contributed by atoms with E-state index < -0.39 is 0 Å². The number of piperidine rings is 1. The predicted octanol–water partition coefficient (Wildman–Crippen LogP) is 1.82. The zero-order valence-corrected chi connectivity index (χ0v) is 10.8. The van der Waals surface area contributed by atoms with Gasteiger partial charge in [-0.15, -0.1) is 0 Å². The van der Waals surface area contributed by atoms with E-state index >= 15 is 0 Å². The second-order valence-electron chi connectivity index (χ2n) is 5.19. The molecule has 0 bridgehead atoms. The van der Waals surface area contributed by atoms with Crippen molar-refractivity contribution in [2.24, 2.45) is 11.7 Å². The van der Waals surface area contributed by atoms with Gasteiger partial charge in [0, 0.05) is 13.0 Å². The third-order valence-electron chi connectivity index (χ3n) is 3.76. The molecule has 0 radical (unpaired) electrons. The predicted molar refractivity (Wildman–Crippen MR) is 73.1 cm³/mol. The Hall–Kier alpha value is -1.35. The number of carbonyl (C=O) groups excluding carboxylic acids is 1. The first-order valence-corrected chi connectivity index (χ1v) is 6.78. The second kappa shape index (κ2) is 6.55. The van der Waals surface area contributed by atoms with E-state index in [0.29, 0.717) is 12.3 Å². The molecule has 0 unspecified atom stereocenters. The molecular formula is C15H22N2O. The summed E-state index contributed by atoms with van der Waals surface area (Å²) in [7, 11) is 0. The molecule has 18 heavy (non-hydrogen) atoms. The van der Waals surface area contributed by atoms with Gasteiger partial charge >= 0.3 is 0 Å². The largest absolute Gasteiger partial charge is 0.370 e. The average Bonchev–Trinajstić information content (AvgIpc) is 2.38. The summed E-state index contributed by atoms with van der Waals surface area (Å²) in [5, 5.41) is 0. The Morgan fingerprint density at radius 3 is 2.50 bits per heavy atom. The zero-order valence-electron chi connectivity index (χ0n) is 10.8. The number of hydrogen-bond acceptors (Lipinski definition) is 2. The number of primary amides is 1. The maximum absolute atomic E-state index is 10.9. The summed E-state index contributed by atoms with van der Waals surface area (Å²) in [5.74, 6) is 0.355. The third-order valence-corrected chi connectivity index (χ3v) is 3.76. The molecule has 2 N–H and O–H groups in total. The van der Waals surface area contributed by atoms with Gasteiger partial charge in [-0.1, -0.05) is 30.3 Å². The summed E-state index contributed by atoms with van der Waals surface area (Å²) >= 11 is 0. The van der Waals surface area contributed by atoms with E-state index in [1.807, 2.05) is 0 Å². The maximum Gasteiger partial charge on any atom is 0.217 e. The third kappa shape index (κ3) is 4.15. The minimum atomic E-state index is -0.155. The van der Waals surface area contributed by atoms with Gasteiger partial charge in [-0.2, -0.15) is 0 Å². The van der Waals surface area contributed by atoms with Crippen molar-refractivity contribution < 1.29 is 4.79 Å². The van der Waals surface area contributed by atoms with Crippen LogP contribution in [0.5, 0.6) is 0 Å². The van der Waals surface area contributed by atoms with Crippen LogP contribution in [0.25, 0.3) is 0 Å². The molecule has 0 saturated carbocycles. The fraction of sp³-hybridized carbons (Fsp3) is 0.533. The van der Waals surface area contributed by atoms with Gasteiger partial charge in [-0.3, -0.25) is 4.79 Å². The molecule has 1 amide bonds. The lowest BCUT2D eigenvalue weighted by Gasteiger charge is -2.31. The van der Waals surface area contributed by atoms with Crippen molar-refractivity contribution in [3.63, 3.8) is 0 Å². The van der Waals surface area contributed by atoms with Crippen LogP contribution in [-0.4, -0.2) is 30.4 Å². The van der Waals surface area contributed by atoms with Gasteiger partial charge in [0.25, 0.3) is 0 Å². The van der Waals surface area contributed by atoms with Crippen molar-refractivity contribution in [3.05, 3.63) is 35.9 Å². The molecule has 1 aromatic carbocycles. The van der Waals surface area contributed by atoms with Crippen molar-refractivity contribution in [2.45, 2.75) is 25.7 Å². The van der Waals surface area contributed by atoms with Crippen LogP contribution in [0.4, 0.5) is 0 Å². The van der Waals surface area contributed by atoms with E-state index in [0.717, 1.165) is 38.9 Å². The maximum atomic E-state index is 10.9. The van der Waals surface area contributed by atoms with Crippen LogP contribution in [0.2, 0.25) is 0 Å². The van der Waals surface area contributed by atoms with E-state index in [1.54, 1.807) is 0 Å². The number of amides is 1. The van der Waals surface area contributed by atoms with Gasteiger partial charge < -0.3 is 10.6 Å². The highest BCUT2D eigenvalue weighted by molar-refractivity contribution is 5.73. The Morgan fingerprint density at radius 2 is 1.89 bits per heavy atom. The number of nitrogens with zero attached hydrogens (tertiary/aromatic N) is 1. The molecule has 1 aliphatic rings. The van der Waals surface area contributed by atoms with Crippen molar-refractivity contribution in [1.82, 2.24) is 4.90 Å². The second-order valence-corrected chi connectivity index (χ2v) is 5.19. The van der Waals surface area contributed by atoms with Crippen LogP contribution in [0.1, 0.15) is 24.8 Å². The van der Waals surface area contributed by atoms with E-state index in [-0.39, 0.29) is 5.91 Å². The zero-order chi connectivity index (χ0) is 12.8. The molecule has 1 aromatic rings. The Bertz CT molecular complexity index is 369. The molecule has 0 spiro atoms. The highest BCUT2D eigenvalue weighted by Gasteiger charge is 2.20. The minimum Gasteiger partial charge on any atom is -0.370 e. The van der Waals surface area contributed by atoms with E-state index in [2.05, 4.69) is 35.2 Å². The summed E-state index contributed by atoms with van der Waals surface area (Å²) in [6.07, 6.45) is 3.89. The topological polar surface area (TPSA) is 46.3 Å². The average molecular weight is 246 g/mol. The van der Waals surface area contributed by atoms with E-state index in [9.17, 15) is 4.79 Å². The summed E-state index contributed by atoms with van der Waals surface area (Å²) < 4.78 is 0. The molecule has 2 rings (SSSR count). The SMILES string of the molecule is NC(=O)CC1CCN(CCc2ccccc2)CC1. The molecule has 1 fully saturated rings. The molecule has 3 heteroatoms. The quantitative estimate of drug-likeness (QED) is 0.861. The fourth-order valence-electron chi connectivity index (χ4n) is 2.63. The smallest absolute Gasteiger partial charge is 0.217 e. The minimum absolute atomic E-state index is 0.155. The summed E-state index contributed by atoms with van der Waals surface area (Å²) in [6, 6.07) is 10.6. The van der Waals surface area contributed by atoms with Crippen molar-refractivity contribution in [1.29, 1.82) is 0 Å². The molecular weight excluding hydrogens is 224 g/mol. The molecule has 0 aromatic heterocycles. The van der Waals surface area contributed by atoms with Gasteiger partial charge in [0.15, 0.2) is 0 Å². The molecule has 98 valence electrons. The highest BCUT2D eigenvalue weighted by Crippen LogP contribution is 2.20. The number of hydrogen-bond donors (Lipinski definition) is 1. The monoisotopic (exact) mass is 246 g/mol.